The zero-order valence-corrected chi connectivity index (χ0v) is 14.4. The lowest BCUT2D eigenvalue weighted by Gasteiger charge is -2.04. The molecule has 2 rings (SSSR count). The lowest BCUT2D eigenvalue weighted by atomic mass is 10.0. The predicted molar refractivity (Wildman–Crippen MR) is 108 cm³/mol. The molecule has 0 aromatic carbocycles. The number of nitrogens with zero attached hydrogens (tertiary/aromatic N) is 3. The normalized spacial score (nSPS) is 11.8. The molecule has 2 aromatic rings. The molecule has 0 spiro atoms. The van der Waals surface area contributed by atoms with Crippen LogP contribution in [0.3, 0.4) is 0 Å². The Morgan fingerprint density at radius 1 is 0.960 bits per heavy atom. The topological polar surface area (TPSA) is 38.1 Å². The van der Waals surface area contributed by atoms with Crippen molar-refractivity contribution in [2.45, 2.75) is 6.92 Å². The van der Waals surface area contributed by atoms with Gasteiger partial charge in [-0.1, -0.05) is 37.5 Å². The molecule has 124 valence electrons. The first-order valence-corrected chi connectivity index (χ1v) is 7.87. The highest BCUT2D eigenvalue weighted by atomic mass is 14.7. The van der Waals surface area contributed by atoms with Gasteiger partial charge in [0.15, 0.2) is 0 Å². The third-order valence-electron chi connectivity index (χ3n) is 3.63. The van der Waals surface area contributed by atoms with Crippen LogP contribution >= 0.6 is 0 Å². The van der Waals surface area contributed by atoms with Crippen molar-refractivity contribution in [3.8, 4) is 0 Å². The lowest BCUT2D eigenvalue weighted by Crippen LogP contribution is -1.89. The van der Waals surface area contributed by atoms with Crippen LogP contribution in [-0.2, 0) is 0 Å². The van der Waals surface area contributed by atoms with Gasteiger partial charge in [-0.15, -0.1) is 0 Å². The standard InChI is InChI=1S/C22H21N3/c1-5-19(20-11-14-24-15-12-20)7-6-18(3)22-9-8-21(16-25-22)17(2)10-13-23-4/h5-16H,2-4H2,1H3/b7-6-,13-10-,19-5+. The van der Waals surface area contributed by atoms with Gasteiger partial charge in [0.05, 0.1) is 5.69 Å². The second-order valence-electron chi connectivity index (χ2n) is 5.29. The first-order valence-electron chi connectivity index (χ1n) is 7.87. The van der Waals surface area contributed by atoms with Crippen molar-refractivity contribution in [3.63, 3.8) is 0 Å². The molecule has 0 radical (unpaired) electrons. The van der Waals surface area contributed by atoms with Crippen LogP contribution in [-0.4, -0.2) is 16.7 Å². The predicted octanol–water partition coefficient (Wildman–Crippen LogP) is 5.38. The molecule has 0 saturated carbocycles. The van der Waals surface area contributed by atoms with Crippen LogP contribution in [0.2, 0.25) is 0 Å². The second kappa shape index (κ2) is 9.08. The molecule has 0 aliphatic rings. The first-order chi connectivity index (χ1) is 12.2. The number of pyridine rings is 2. The Bertz CT molecular complexity index is 839. The molecule has 0 bridgehead atoms. The number of aromatic nitrogens is 2. The molecule has 0 amide bonds. The average Bonchev–Trinajstić information content (AvgIpc) is 2.67. The van der Waals surface area contributed by atoms with Crippen molar-refractivity contribution in [1.29, 1.82) is 0 Å². The van der Waals surface area contributed by atoms with Crippen molar-refractivity contribution in [2.24, 2.45) is 4.99 Å². The minimum absolute atomic E-state index is 0.823. The van der Waals surface area contributed by atoms with Gasteiger partial charge in [-0.2, -0.15) is 0 Å². The van der Waals surface area contributed by atoms with E-state index >= 15 is 0 Å². The van der Waals surface area contributed by atoms with Crippen molar-refractivity contribution in [2.75, 3.05) is 0 Å². The highest BCUT2D eigenvalue weighted by molar-refractivity contribution is 5.80. The molecular weight excluding hydrogens is 306 g/mol. The van der Waals surface area contributed by atoms with E-state index in [1.807, 2.05) is 43.3 Å². The Morgan fingerprint density at radius 3 is 2.32 bits per heavy atom. The second-order valence-corrected chi connectivity index (χ2v) is 5.29. The van der Waals surface area contributed by atoms with E-state index in [2.05, 4.69) is 40.9 Å². The van der Waals surface area contributed by atoms with Crippen LogP contribution in [0.5, 0.6) is 0 Å². The van der Waals surface area contributed by atoms with E-state index in [4.69, 9.17) is 0 Å². The highest BCUT2D eigenvalue weighted by Gasteiger charge is 2.01. The summed E-state index contributed by atoms with van der Waals surface area (Å²) in [6.45, 7) is 13.5. The van der Waals surface area contributed by atoms with Gasteiger partial charge in [0.1, 0.15) is 0 Å². The molecule has 0 fully saturated rings. The third kappa shape index (κ3) is 5.08. The maximum Gasteiger partial charge on any atom is 0.0696 e. The summed E-state index contributed by atoms with van der Waals surface area (Å²) in [5.41, 5.74) is 5.66. The van der Waals surface area contributed by atoms with Gasteiger partial charge in [-0.05, 0) is 65.8 Å². The SMILES string of the molecule is C=N/C=C\C(=C)c1ccc(C(=C)/C=C\C(=C/C)c2ccncc2)nc1. The fraction of sp³-hybridized carbons (Fsp3) is 0.0455. The molecule has 3 heteroatoms. The number of hydrogen-bond donors (Lipinski definition) is 0. The van der Waals surface area contributed by atoms with Crippen LogP contribution < -0.4 is 0 Å². The van der Waals surface area contributed by atoms with Crippen molar-refractivity contribution < 1.29 is 0 Å². The van der Waals surface area contributed by atoms with E-state index < -0.39 is 0 Å². The summed E-state index contributed by atoms with van der Waals surface area (Å²) < 4.78 is 0. The Hall–Kier alpha value is -3.33. The van der Waals surface area contributed by atoms with Crippen LogP contribution in [0.1, 0.15) is 23.7 Å². The molecule has 0 atom stereocenters. The van der Waals surface area contributed by atoms with E-state index in [0.29, 0.717) is 0 Å². The van der Waals surface area contributed by atoms with Crippen molar-refractivity contribution >= 4 is 23.4 Å². The molecule has 0 unspecified atom stereocenters. The molecule has 2 heterocycles. The van der Waals surface area contributed by atoms with E-state index in [0.717, 1.165) is 33.5 Å². The van der Waals surface area contributed by atoms with Gasteiger partial charge >= 0.3 is 0 Å². The van der Waals surface area contributed by atoms with Crippen LogP contribution in [0, 0.1) is 0 Å². The fourth-order valence-electron chi connectivity index (χ4n) is 2.19. The summed E-state index contributed by atoms with van der Waals surface area (Å²) in [6, 6.07) is 7.86. The molecule has 3 nitrogen and oxygen atoms in total. The van der Waals surface area contributed by atoms with E-state index in [9.17, 15) is 0 Å². The van der Waals surface area contributed by atoms with Gasteiger partial charge in [0.25, 0.3) is 0 Å². The Morgan fingerprint density at radius 2 is 1.72 bits per heavy atom. The number of hydrogen-bond acceptors (Lipinski definition) is 3. The maximum absolute atomic E-state index is 4.46. The Balaban J connectivity index is 2.11. The monoisotopic (exact) mass is 327 g/mol. The largest absolute Gasteiger partial charge is 0.272 e. The van der Waals surface area contributed by atoms with Gasteiger partial charge in [0.2, 0.25) is 0 Å². The summed E-state index contributed by atoms with van der Waals surface area (Å²) in [5.74, 6) is 0. The third-order valence-corrected chi connectivity index (χ3v) is 3.63. The first kappa shape index (κ1) is 18.0. The van der Waals surface area contributed by atoms with E-state index in [1.165, 1.54) is 0 Å². The summed E-state index contributed by atoms with van der Waals surface area (Å²) in [7, 11) is 0. The van der Waals surface area contributed by atoms with Gasteiger partial charge in [0, 0.05) is 24.8 Å². The lowest BCUT2D eigenvalue weighted by molar-refractivity contribution is 1.27. The maximum atomic E-state index is 4.46. The number of allylic oxidation sites excluding steroid dienone is 7. The number of aliphatic imine (C=N–C) groups is 1. The minimum Gasteiger partial charge on any atom is -0.272 e. The summed E-state index contributed by atoms with van der Waals surface area (Å²) in [5, 5.41) is 0. The van der Waals surface area contributed by atoms with Crippen LogP contribution in [0.15, 0.2) is 91.5 Å². The zero-order chi connectivity index (χ0) is 18.1. The quantitative estimate of drug-likeness (QED) is 0.506. The molecule has 2 aromatic heterocycles. The zero-order valence-electron chi connectivity index (χ0n) is 14.4. The van der Waals surface area contributed by atoms with Crippen molar-refractivity contribution in [1.82, 2.24) is 9.97 Å². The van der Waals surface area contributed by atoms with Gasteiger partial charge in [-0.25, -0.2) is 0 Å². The molecule has 0 N–H and O–H groups in total. The summed E-state index contributed by atoms with van der Waals surface area (Å²) >= 11 is 0. The van der Waals surface area contributed by atoms with E-state index in [-0.39, 0.29) is 0 Å². The minimum atomic E-state index is 0.823. The van der Waals surface area contributed by atoms with Crippen LogP contribution in [0.4, 0.5) is 0 Å². The van der Waals surface area contributed by atoms with Gasteiger partial charge in [-0.3, -0.25) is 15.0 Å². The smallest absolute Gasteiger partial charge is 0.0696 e. The highest BCUT2D eigenvalue weighted by Crippen LogP contribution is 2.20. The Labute approximate surface area is 149 Å². The molecular formula is C22H21N3. The molecule has 0 aliphatic carbocycles. The molecule has 25 heavy (non-hydrogen) atoms. The Kier molecular flexibility index (Phi) is 6.55. The summed E-state index contributed by atoms with van der Waals surface area (Å²) in [6.07, 6.45) is 14.8. The van der Waals surface area contributed by atoms with E-state index in [1.54, 1.807) is 30.9 Å². The van der Waals surface area contributed by atoms with Gasteiger partial charge < -0.3 is 0 Å². The van der Waals surface area contributed by atoms with Crippen molar-refractivity contribution in [3.05, 3.63) is 103 Å². The van der Waals surface area contributed by atoms with Crippen LogP contribution in [0.25, 0.3) is 16.7 Å². The number of rotatable bonds is 7. The fourth-order valence-corrected chi connectivity index (χ4v) is 2.19. The molecule has 0 saturated heterocycles. The summed E-state index contributed by atoms with van der Waals surface area (Å²) in [4.78, 5) is 12.2. The average molecular weight is 327 g/mol. The molecule has 0 aliphatic heterocycles.